The summed E-state index contributed by atoms with van der Waals surface area (Å²) >= 11 is 0. The van der Waals surface area contributed by atoms with E-state index in [1.807, 2.05) is 60.5 Å². The summed E-state index contributed by atoms with van der Waals surface area (Å²) in [5, 5.41) is 2.92. The van der Waals surface area contributed by atoms with Crippen LogP contribution in [0, 0.1) is 6.92 Å². The van der Waals surface area contributed by atoms with Crippen LogP contribution in [0.25, 0.3) is 5.65 Å². The second-order valence-electron chi connectivity index (χ2n) is 6.48. The van der Waals surface area contributed by atoms with E-state index in [1.165, 1.54) is 0 Å². The number of nitrogens with zero attached hydrogens (tertiary/aromatic N) is 3. The summed E-state index contributed by atoms with van der Waals surface area (Å²) in [7, 11) is 0. The van der Waals surface area contributed by atoms with Crippen molar-refractivity contribution in [2.45, 2.75) is 26.2 Å². The maximum absolute atomic E-state index is 12.7. The zero-order chi connectivity index (χ0) is 18.1. The van der Waals surface area contributed by atoms with Crippen LogP contribution in [0.3, 0.4) is 0 Å². The van der Waals surface area contributed by atoms with Crippen molar-refractivity contribution in [2.75, 3.05) is 16.8 Å². The minimum absolute atomic E-state index is 0.161. The molecule has 0 bridgehead atoms. The number of fused-ring (bicyclic) bond motifs is 1. The topological polar surface area (TPSA) is 66.7 Å². The molecule has 6 nitrogen and oxygen atoms in total. The number of aromatic nitrogens is 2. The van der Waals surface area contributed by atoms with Gasteiger partial charge in [0.2, 0.25) is 5.91 Å². The molecule has 1 aromatic carbocycles. The minimum Gasteiger partial charge on any atom is -0.321 e. The molecule has 0 spiro atoms. The molecule has 1 fully saturated rings. The number of hydrogen-bond acceptors (Lipinski definition) is 3. The Labute approximate surface area is 151 Å². The molecule has 6 heteroatoms. The molecule has 0 radical (unpaired) electrons. The standard InChI is InChI=1S/C20H20N4O2/c1-14-19(24-13-4-2-6-17(24)21-14)20(26)22-15-8-10-16(11-9-15)23-12-5-3-7-18(23)25/h2,4,6,8-11,13H,3,5,7,12H2,1H3,(H,22,26). The van der Waals surface area contributed by atoms with Crippen LogP contribution >= 0.6 is 0 Å². The van der Waals surface area contributed by atoms with Crippen LogP contribution in [-0.2, 0) is 4.79 Å². The molecular weight excluding hydrogens is 328 g/mol. The van der Waals surface area contributed by atoms with E-state index in [0.29, 0.717) is 23.5 Å². The van der Waals surface area contributed by atoms with Crippen LogP contribution in [0.15, 0.2) is 48.7 Å². The van der Waals surface area contributed by atoms with Crippen LogP contribution in [0.5, 0.6) is 0 Å². The number of benzene rings is 1. The Bertz CT molecular complexity index is 975. The van der Waals surface area contributed by atoms with Crippen LogP contribution in [0.4, 0.5) is 11.4 Å². The van der Waals surface area contributed by atoms with Crippen LogP contribution < -0.4 is 10.2 Å². The lowest BCUT2D eigenvalue weighted by molar-refractivity contribution is -0.119. The fourth-order valence-corrected chi connectivity index (χ4v) is 3.38. The number of pyridine rings is 1. The molecule has 1 aliphatic rings. The van der Waals surface area contributed by atoms with Gasteiger partial charge in [0.15, 0.2) is 0 Å². The number of imidazole rings is 1. The largest absolute Gasteiger partial charge is 0.321 e. The Morgan fingerprint density at radius 1 is 1.12 bits per heavy atom. The van der Waals surface area contributed by atoms with Gasteiger partial charge in [0, 0.05) is 30.5 Å². The molecule has 26 heavy (non-hydrogen) atoms. The first-order valence-electron chi connectivity index (χ1n) is 8.79. The zero-order valence-electron chi connectivity index (χ0n) is 14.6. The second kappa shape index (κ2) is 6.63. The molecule has 0 unspecified atom stereocenters. The molecule has 132 valence electrons. The van der Waals surface area contributed by atoms with Gasteiger partial charge in [-0.05, 0) is 56.2 Å². The summed E-state index contributed by atoms with van der Waals surface area (Å²) in [6.45, 7) is 2.58. The molecule has 0 saturated carbocycles. The monoisotopic (exact) mass is 348 g/mol. The Morgan fingerprint density at radius 2 is 1.92 bits per heavy atom. The number of aryl methyl sites for hydroxylation is 1. The summed E-state index contributed by atoms with van der Waals surface area (Å²) in [5.41, 5.74) is 3.52. The van der Waals surface area contributed by atoms with Crippen LogP contribution in [-0.4, -0.2) is 27.7 Å². The van der Waals surface area contributed by atoms with Gasteiger partial charge < -0.3 is 10.2 Å². The van der Waals surface area contributed by atoms with Crippen molar-refractivity contribution in [3.8, 4) is 0 Å². The van der Waals surface area contributed by atoms with E-state index in [9.17, 15) is 9.59 Å². The van der Waals surface area contributed by atoms with Gasteiger partial charge in [0.25, 0.3) is 5.91 Å². The quantitative estimate of drug-likeness (QED) is 0.789. The highest BCUT2D eigenvalue weighted by Gasteiger charge is 2.20. The molecule has 1 aliphatic heterocycles. The van der Waals surface area contributed by atoms with E-state index in [0.717, 1.165) is 30.7 Å². The third-order valence-corrected chi connectivity index (χ3v) is 4.68. The number of carbonyl (C=O) groups excluding carboxylic acids is 2. The van der Waals surface area contributed by atoms with E-state index in [2.05, 4.69) is 10.3 Å². The smallest absolute Gasteiger partial charge is 0.274 e. The lowest BCUT2D eigenvalue weighted by atomic mass is 10.1. The molecule has 3 aromatic rings. The van der Waals surface area contributed by atoms with Crippen molar-refractivity contribution in [1.82, 2.24) is 9.38 Å². The molecule has 1 N–H and O–H groups in total. The predicted octanol–water partition coefficient (Wildman–Crippen LogP) is 3.41. The van der Waals surface area contributed by atoms with E-state index in [-0.39, 0.29) is 11.8 Å². The number of anilines is 2. The fraction of sp³-hybridized carbons (Fsp3) is 0.250. The normalized spacial score (nSPS) is 14.7. The highest BCUT2D eigenvalue weighted by atomic mass is 16.2. The maximum Gasteiger partial charge on any atom is 0.274 e. The molecule has 0 atom stereocenters. The number of carbonyl (C=O) groups is 2. The number of rotatable bonds is 3. The predicted molar refractivity (Wildman–Crippen MR) is 101 cm³/mol. The van der Waals surface area contributed by atoms with Gasteiger partial charge in [-0.25, -0.2) is 4.98 Å². The van der Waals surface area contributed by atoms with Crippen molar-refractivity contribution in [1.29, 1.82) is 0 Å². The van der Waals surface area contributed by atoms with Crippen molar-refractivity contribution < 1.29 is 9.59 Å². The summed E-state index contributed by atoms with van der Waals surface area (Å²) < 4.78 is 1.78. The molecule has 0 aliphatic carbocycles. The van der Waals surface area contributed by atoms with Gasteiger partial charge in [-0.3, -0.25) is 14.0 Å². The SMILES string of the molecule is Cc1nc2ccccn2c1C(=O)Nc1ccc(N2CCCCC2=O)cc1. The highest BCUT2D eigenvalue weighted by molar-refractivity contribution is 6.04. The molecule has 2 amide bonds. The van der Waals surface area contributed by atoms with Crippen LogP contribution in [0.2, 0.25) is 0 Å². The number of amides is 2. The average Bonchev–Trinajstić information content (AvgIpc) is 2.99. The van der Waals surface area contributed by atoms with Crippen molar-refractivity contribution in [2.24, 2.45) is 0 Å². The van der Waals surface area contributed by atoms with Gasteiger partial charge in [0.1, 0.15) is 11.3 Å². The summed E-state index contributed by atoms with van der Waals surface area (Å²) in [6.07, 6.45) is 4.42. The number of nitrogens with one attached hydrogen (secondary N) is 1. The third kappa shape index (κ3) is 2.94. The number of hydrogen-bond donors (Lipinski definition) is 1. The first-order chi connectivity index (χ1) is 12.6. The van der Waals surface area contributed by atoms with E-state index >= 15 is 0 Å². The lowest BCUT2D eigenvalue weighted by Crippen LogP contribution is -2.35. The first-order valence-corrected chi connectivity index (χ1v) is 8.79. The van der Waals surface area contributed by atoms with Gasteiger partial charge in [-0.15, -0.1) is 0 Å². The van der Waals surface area contributed by atoms with Gasteiger partial charge in [-0.2, -0.15) is 0 Å². The maximum atomic E-state index is 12.7. The summed E-state index contributed by atoms with van der Waals surface area (Å²) in [4.78, 5) is 31.0. The number of piperidine rings is 1. The molecule has 2 aromatic heterocycles. The van der Waals surface area contributed by atoms with Crippen LogP contribution in [0.1, 0.15) is 35.4 Å². The zero-order valence-corrected chi connectivity index (χ0v) is 14.6. The van der Waals surface area contributed by atoms with E-state index < -0.39 is 0 Å². The Morgan fingerprint density at radius 3 is 2.69 bits per heavy atom. The molecular formula is C20H20N4O2. The van der Waals surface area contributed by atoms with E-state index in [4.69, 9.17) is 0 Å². The lowest BCUT2D eigenvalue weighted by Gasteiger charge is -2.26. The molecule has 1 saturated heterocycles. The van der Waals surface area contributed by atoms with Crippen molar-refractivity contribution in [3.63, 3.8) is 0 Å². The highest BCUT2D eigenvalue weighted by Crippen LogP contribution is 2.23. The fourth-order valence-electron chi connectivity index (χ4n) is 3.38. The molecule has 4 rings (SSSR count). The van der Waals surface area contributed by atoms with Gasteiger partial charge >= 0.3 is 0 Å². The summed E-state index contributed by atoms with van der Waals surface area (Å²) in [5.74, 6) is -0.0441. The van der Waals surface area contributed by atoms with Gasteiger partial charge in [-0.1, -0.05) is 6.07 Å². The van der Waals surface area contributed by atoms with E-state index in [1.54, 1.807) is 4.40 Å². The van der Waals surface area contributed by atoms with Crippen molar-refractivity contribution >= 4 is 28.8 Å². The Balaban J connectivity index is 1.54. The third-order valence-electron chi connectivity index (χ3n) is 4.68. The second-order valence-corrected chi connectivity index (χ2v) is 6.48. The molecule has 3 heterocycles. The Hall–Kier alpha value is -3.15. The summed E-state index contributed by atoms with van der Waals surface area (Å²) in [6, 6.07) is 13.0. The first kappa shape index (κ1) is 16.3. The minimum atomic E-state index is -0.206. The van der Waals surface area contributed by atoms with Gasteiger partial charge in [0.05, 0.1) is 5.69 Å². The van der Waals surface area contributed by atoms with Crippen molar-refractivity contribution in [3.05, 3.63) is 60.0 Å². The average molecular weight is 348 g/mol. The Kier molecular flexibility index (Phi) is 4.16.